The van der Waals surface area contributed by atoms with Crippen LogP contribution in [-0.4, -0.2) is 15.5 Å². The number of nitrogens with zero attached hydrogens (tertiary/aromatic N) is 2. The summed E-state index contributed by atoms with van der Waals surface area (Å²) < 4.78 is 1.94. The summed E-state index contributed by atoms with van der Waals surface area (Å²) in [5, 5.41) is 3.08. The quantitative estimate of drug-likeness (QED) is 0.389. The smallest absolute Gasteiger partial charge is 0.252 e. The molecule has 0 spiro atoms. The molecule has 4 heteroatoms. The molecule has 0 aliphatic heterocycles. The molecule has 4 rings (SSSR count). The Morgan fingerprint density at radius 3 is 2.31 bits per heavy atom. The van der Waals surface area contributed by atoms with Crippen molar-refractivity contribution >= 4 is 17.6 Å². The first-order valence-electron chi connectivity index (χ1n) is 9.48. The lowest BCUT2D eigenvalue weighted by molar-refractivity contribution is -0.115. The molecule has 4 aromatic rings. The molecule has 0 aliphatic rings. The van der Waals surface area contributed by atoms with E-state index >= 15 is 0 Å². The minimum Gasteiger partial charge on any atom is -0.348 e. The molecule has 1 amide bonds. The van der Waals surface area contributed by atoms with Crippen LogP contribution in [0.15, 0.2) is 104 Å². The van der Waals surface area contributed by atoms with Crippen molar-refractivity contribution in [1.29, 1.82) is 0 Å². The monoisotopic (exact) mass is 379 g/mol. The number of hydrogen-bond donors (Lipinski definition) is 1. The molecule has 1 heterocycles. The molecule has 0 bridgehead atoms. The standard InChI is InChI=1S/C25H21N3O/c29-25(27-18-22-13-7-8-14-24(22)28-16-15-26-19-28)23(21-11-5-2-6-12-21)17-20-9-3-1-4-10-20/h1-17,19H,18H2,(H,27,29)/b23-17+. The van der Waals surface area contributed by atoms with E-state index in [-0.39, 0.29) is 5.91 Å². The third kappa shape index (κ3) is 4.50. The van der Waals surface area contributed by atoms with Gasteiger partial charge >= 0.3 is 0 Å². The molecular formula is C25H21N3O. The number of amides is 1. The summed E-state index contributed by atoms with van der Waals surface area (Å²) >= 11 is 0. The van der Waals surface area contributed by atoms with Crippen LogP contribution in [0.5, 0.6) is 0 Å². The number of para-hydroxylation sites is 1. The van der Waals surface area contributed by atoms with Crippen molar-refractivity contribution in [3.8, 4) is 5.69 Å². The summed E-state index contributed by atoms with van der Waals surface area (Å²) in [5.41, 5.74) is 4.53. The van der Waals surface area contributed by atoms with Gasteiger partial charge in [0.25, 0.3) is 5.91 Å². The molecule has 142 valence electrons. The molecule has 1 aromatic heterocycles. The molecule has 0 saturated carbocycles. The Morgan fingerprint density at radius 1 is 0.897 bits per heavy atom. The van der Waals surface area contributed by atoms with Gasteiger partial charge in [-0.25, -0.2) is 4.98 Å². The van der Waals surface area contributed by atoms with Gasteiger partial charge in [-0.15, -0.1) is 0 Å². The number of carbonyl (C=O) groups is 1. The van der Waals surface area contributed by atoms with E-state index in [0.29, 0.717) is 12.1 Å². The Bertz CT molecular complexity index is 1100. The van der Waals surface area contributed by atoms with E-state index in [1.165, 1.54) is 0 Å². The number of rotatable bonds is 6. The van der Waals surface area contributed by atoms with E-state index in [9.17, 15) is 4.79 Å². The first-order valence-corrected chi connectivity index (χ1v) is 9.48. The third-order valence-corrected chi connectivity index (χ3v) is 4.65. The van der Waals surface area contributed by atoms with Crippen molar-refractivity contribution < 1.29 is 4.79 Å². The molecule has 0 saturated heterocycles. The zero-order valence-electron chi connectivity index (χ0n) is 15.9. The van der Waals surface area contributed by atoms with Crippen LogP contribution in [0.25, 0.3) is 17.3 Å². The second-order valence-corrected chi connectivity index (χ2v) is 6.62. The Morgan fingerprint density at radius 2 is 1.59 bits per heavy atom. The summed E-state index contributed by atoms with van der Waals surface area (Å²) in [6.45, 7) is 0.423. The Kier molecular flexibility index (Phi) is 5.63. The lowest BCUT2D eigenvalue weighted by Gasteiger charge is -2.13. The fourth-order valence-corrected chi connectivity index (χ4v) is 3.20. The maximum absolute atomic E-state index is 13.1. The van der Waals surface area contributed by atoms with Gasteiger partial charge in [-0.3, -0.25) is 4.79 Å². The number of hydrogen-bond acceptors (Lipinski definition) is 2. The van der Waals surface area contributed by atoms with E-state index in [4.69, 9.17) is 0 Å². The first kappa shape index (κ1) is 18.4. The van der Waals surface area contributed by atoms with Crippen molar-refractivity contribution in [2.24, 2.45) is 0 Å². The molecule has 0 fully saturated rings. The van der Waals surface area contributed by atoms with Crippen molar-refractivity contribution in [2.45, 2.75) is 6.54 Å². The van der Waals surface area contributed by atoms with Crippen molar-refractivity contribution in [1.82, 2.24) is 14.9 Å². The number of aromatic nitrogens is 2. The predicted octanol–water partition coefficient (Wildman–Crippen LogP) is 4.73. The molecule has 4 nitrogen and oxygen atoms in total. The molecule has 0 radical (unpaired) electrons. The highest BCUT2D eigenvalue weighted by atomic mass is 16.1. The maximum atomic E-state index is 13.1. The van der Waals surface area contributed by atoms with Gasteiger partial charge in [0.15, 0.2) is 0 Å². The van der Waals surface area contributed by atoms with E-state index in [1.807, 2.05) is 102 Å². The third-order valence-electron chi connectivity index (χ3n) is 4.65. The Hall–Kier alpha value is -3.92. The normalized spacial score (nSPS) is 11.2. The number of benzene rings is 3. The van der Waals surface area contributed by atoms with E-state index in [2.05, 4.69) is 10.3 Å². The van der Waals surface area contributed by atoms with Gasteiger partial charge < -0.3 is 9.88 Å². The minimum atomic E-state index is -0.111. The van der Waals surface area contributed by atoms with Crippen LogP contribution in [0.4, 0.5) is 0 Å². The maximum Gasteiger partial charge on any atom is 0.252 e. The molecule has 0 unspecified atom stereocenters. The fraction of sp³-hybridized carbons (Fsp3) is 0.0400. The van der Waals surface area contributed by atoms with E-state index in [0.717, 1.165) is 22.4 Å². The topological polar surface area (TPSA) is 46.9 Å². The SMILES string of the molecule is O=C(NCc1ccccc1-n1ccnc1)/C(=C/c1ccccc1)c1ccccc1. The van der Waals surface area contributed by atoms with Crippen molar-refractivity contribution in [2.75, 3.05) is 0 Å². The van der Waals surface area contributed by atoms with Crippen LogP contribution < -0.4 is 5.32 Å². The lowest BCUT2D eigenvalue weighted by Crippen LogP contribution is -2.24. The predicted molar refractivity (Wildman–Crippen MR) is 116 cm³/mol. The van der Waals surface area contributed by atoms with Gasteiger partial charge in [-0.05, 0) is 28.8 Å². The van der Waals surface area contributed by atoms with Gasteiger partial charge in [-0.1, -0.05) is 78.9 Å². The van der Waals surface area contributed by atoms with Gasteiger partial charge in [0.1, 0.15) is 0 Å². The summed E-state index contributed by atoms with van der Waals surface area (Å²) in [6.07, 6.45) is 7.31. The summed E-state index contributed by atoms with van der Waals surface area (Å²) in [5.74, 6) is -0.111. The van der Waals surface area contributed by atoms with Gasteiger partial charge in [0, 0.05) is 24.5 Å². The zero-order chi connectivity index (χ0) is 19.9. The van der Waals surface area contributed by atoms with Gasteiger partial charge in [0.2, 0.25) is 0 Å². The largest absolute Gasteiger partial charge is 0.348 e. The zero-order valence-corrected chi connectivity index (χ0v) is 15.9. The van der Waals surface area contributed by atoms with Crippen LogP contribution >= 0.6 is 0 Å². The van der Waals surface area contributed by atoms with Crippen LogP contribution in [0.2, 0.25) is 0 Å². The van der Waals surface area contributed by atoms with Crippen molar-refractivity contribution in [3.63, 3.8) is 0 Å². The average molecular weight is 379 g/mol. The molecule has 0 aliphatic carbocycles. The minimum absolute atomic E-state index is 0.111. The highest BCUT2D eigenvalue weighted by Crippen LogP contribution is 2.20. The second kappa shape index (κ2) is 8.85. The summed E-state index contributed by atoms with van der Waals surface area (Å²) in [7, 11) is 0. The molecular weight excluding hydrogens is 358 g/mol. The lowest BCUT2D eigenvalue weighted by atomic mass is 10.0. The second-order valence-electron chi connectivity index (χ2n) is 6.62. The molecule has 0 atom stereocenters. The number of carbonyl (C=O) groups excluding carboxylic acids is 1. The average Bonchev–Trinajstić information content (AvgIpc) is 3.32. The van der Waals surface area contributed by atoms with Crippen molar-refractivity contribution in [3.05, 3.63) is 120 Å². The number of imidazole rings is 1. The van der Waals surface area contributed by atoms with Gasteiger partial charge in [-0.2, -0.15) is 0 Å². The van der Waals surface area contributed by atoms with Crippen LogP contribution in [0.1, 0.15) is 16.7 Å². The Labute approximate surface area is 170 Å². The molecule has 1 N–H and O–H groups in total. The first-order chi connectivity index (χ1) is 14.3. The van der Waals surface area contributed by atoms with E-state index in [1.54, 1.807) is 12.5 Å². The molecule has 29 heavy (non-hydrogen) atoms. The van der Waals surface area contributed by atoms with Crippen LogP contribution in [0.3, 0.4) is 0 Å². The number of nitrogens with one attached hydrogen (secondary N) is 1. The Balaban J connectivity index is 1.60. The van der Waals surface area contributed by atoms with E-state index < -0.39 is 0 Å². The summed E-state index contributed by atoms with van der Waals surface area (Å²) in [4.78, 5) is 17.2. The molecule has 3 aromatic carbocycles. The fourth-order valence-electron chi connectivity index (χ4n) is 3.20. The van der Waals surface area contributed by atoms with Crippen LogP contribution in [-0.2, 0) is 11.3 Å². The van der Waals surface area contributed by atoms with Gasteiger partial charge in [0.05, 0.1) is 12.0 Å². The highest BCUT2D eigenvalue weighted by Gasteiger charge is 2.13. The highest BCUT2D eigenvalue weighted by molar-refractivity contribution is 6.24. The van der Waals surface area contributed by atoms with Crippen LogP contribution in [0, 0.1) is 0 Å². The summed E-state index contributed by atoms with van der Waals surface area (Å²) in [6, 6.07) is 27.6.